The van der Waals surface area contributed by atoms with Crippen LogP contribution in [-0.4, -0.2) is 50.5 Å². The van der Waals surface area contributed by atoms with Gasteiger partial charge in [0.05, 0.1) is 24.3 Å². The molecule has 0 heterocycles. The standard InChI is InChI=1S/C35H43Cl2F2N3O4/c1-21(2)31(33(43)35(38,39)34(44)42-17-16-22-8-6-5-7-9-22)32(41)25(18-24-12-15-29(45-3)30(20-24)46-4)28(40)14-11-23-10-13-26(36)27(37)19-23/h5-10,12-13,15,19-21,25,28,31-32H,11,14,16-18,40-41H2,1-4H3,(H,42,44)/t25-,28?,31-,32?/m0/s1. The zero-order valence-corrected chi connectivity index (χ0v) is 28.1. The van der Waals surface area contributed by atoms with Crippen molar-refractivity contribution in [1.29, 1.82) is 0 Å². The molecule has 0 aliphatic heterocycles. The Balaban J connectivity index is 1.87. The van der Waals surface area contributed by atoms with Crippen molar-refractivity contribution < 1.29 is 27.8 Å². The second kappa shape index (κ2) is 17.1. The summed E-state index contributed by atoms with van der Waals surface area (Å²) in [5.74, 6) is -9.07. The summed E-state index contributed by atoms with van der Waals surface area (Å²) in [5, 5.41) is 3.05. The number of benzene rings is 3. The molecule has 0 aromatic heterocycles. The minimum Gasteiger partial charge on any atom is -0.493 e. The molecule has 5 N–H and O–H groups in total. The maximum Gasteiger partial charge on any atom is 0.381 e. The molecular weight excluding hydrogens is 635 g/mol. The van der Waals surface area contributed by atoms with E-state index in [2.05, 4.69) is 5.32 Å². The molecule has 0 aliphatic rings. The normalized spacial score (nSPS) is 14.3. The Morgan fingerprint density at radius 2 is 1.50 bits per heavy atom. The number of hydrogen-bond acceptors (Lipinski definition) is 6. The van der Waals surface area contributed by atoms with Crippen molar-refractivity contribution >= 4 is 34.9 Å². The van der Waals surface area contributed by atoms with E-state index in [0.29, 0.717) is 40.8 Å². The Bertz CT molecular complexity index is 1460. The quantitative estimate of drug-likeness (QED) is 0.145. The smallest absolute Gasteiger partial charge is 0.381 e. The number of rotatable bonds is 17. The first-order chi connectivity index (χ1) is 21.8. The maximum atomic E-state index is 15.5. The minimum atomic E-state index is -4.29. The van der Waals surface area contributed by atoms with Gasteiger partial charge in [-0.2, -0.15) is 8.78 Å². The van der Waals surface area contributed by atoms with E-state index in [1.54, 1.807) is 38.1 Å². The molecule has 0 spiro atoms. The van der Waals surface area contributed by atoms with E-state index in [9.17, 15) is 9.59 Å². The zero-order chi connectivity index (χ0) is 34.0. The SMILES string of the molecule is COc1ccc(C[C@@H](C(N)CCc2ccc(Cl)c(Cl)c2)C(N)[C@@H](C(=O)C(F)(F)C(=O)NCCc2ccccc2)C(C)C)cc1OC. The summed E-state index contributed by atoms with van der Waals surface area (Å²) >= 11 is 12.3. The van der Waals surface area contributed by atoms with Crippen molar-refractivity contribution in [2.24, 2.45) is 29.2 Å². The number of ketones is 1. The molecule has 11 heteroatoms. The number of ether oxygens (including phenoxy) is 2. The highest BCUT2D eigenvalue weighted by Gasteiger charge is 2.53. The first-order valence-corrected chi connectivity index (χ1v) is 16.0. The highest BCUT2D eigenvalue weighted by atomic mass is 35.5. The highest BCUT2D eigenvalue weighted by molar-refractivity contribution is 6.42. The van der Waals surface area contributed by atoms with Crippen molar-refractivity contribution in [2.45, 2.75) is 57.5 Å². The Morgan fingerprint density at radius 1 is 0.848 bits per heavy atom. The summed E-state index contributed by atoms with van der Waals surface area (Å²) in [5.41, 5.74) is 16.1. The van der Waals surface area contributed by atoms with Crippen LogP contribution in [0.1, 0.15) is 37.0 Å². The molecule has 3 aromatic rings. The van der Waals surface area contributed by atoms with Gasteiger partial charge < -0.3 is 26.3 Å². The van der Waals surface area contributed by atoms with Crippen molar-refractivity contribution in [1.82, 2.24) is 5.32 Å². The van der Waals surface area contributed by atoms with Crippen molar-refractivity contribution in [3.63, 3.8) is 0 Å². The second-order valence-corrected chi connectivity index (χ2v) is 12.6. The third-order valence-corrected chi connectivity index (χ3v) is 9.03. The van der Waals surface area contributed by atoms with Crippen LogP contribution in [0.5, 0.6) is 11.5 Å². The number of carbonyl (C=O) groups excluding carboxylic acids is 2. The van der Waals surface area contributed by atoms with Crippen molar-refractivity contribution in [3.8, 4) is 11.5 Å². The first-order valence-electron chi connectivity index (χ1n) is 15.2. The molecule has 0 saturated carbocycles. The second-order valence-electron chi connectivity index (χ2n) is 11.8. The van der Waals surface area contributed by atoms with Crippen LogP contribution in [0.4, 0.5) is 8.78 Å². The average Bonchev–Trinajstić information content (AvgIpc) is 3.04. The topological polar surface area (TPSA) is 117 Å². The van der Waals surface area contributed by atoms with E-state index in [1.165, 1.54) is 14.2 Å². The number of carbonyl (C=O) groups is 2. The predicted octanol–water partition coefficient (Wildman–Crippen LogP) is 6.29. The van der Waals surface area contributed by atoms with Crippen LogP contribution in [0.3, 0.4) is 0 Å². The van der Waals surface area contributed by atoms with Crippen LogP contribution in [0.2, 0.25) is 10.0 Å². The van der Waals surface area contributed by atoms with Crippen LogP contribution in [0.25, 0.3) is 0 Å². The van der Waals surface area contributed by atoms with Crippen LogP contribution in [0.15, 0.2) is 66.7 Å². The van der Waals surface area contributed by atoms with Gasteiger partial charge in [0.15, 0.2) is 11.5 Å². The van der Waals surface area contributed by atoms with Gasteiger partial charge in [-0.15, -0.1) is 0 Å². The van der Waals surface area contributed by atoms with E-state index >= 15 is 8.78 Å². The van der Waals surface area contributed by atoms with E-state index < -0.39 is 47.5 Å². The van der Waals surface area contributed by atoms with Gasteiger partial charge in [0, 0.05) is 24.5 Å². The number of methoxy groups -OCH3 is 2. The Morgan fingerprint density at radius 3 is 2.11 bits per heavy atom. The fraction of sp³-hybridized carbons (Fsp3) is 0.429. The highest BCUT2D eigenvalue weighted by Crippen LogP contribution is 2.34. The fourth-order valence-electron chi connectivity index (χ4n) is 5.68. The number of nitrogens with one attached hydrogen (secondary N) is 1. The predicted molar refractivity (Wildman–Crippen MR) is 179 cm³/mol. The summed E-state index contributed by atoms with van der Waals surface area (Å²) < 4.78 is 41.8. The van der Waals surface area contributed by atoms with Gasteiger partial charge in [-0.25, -0.2) is 0 Å². The lowest BCUT2D eigenvalue weighted by Gasteiger charge is -2.37. The molecule has 7 nitrogen and oxygen atoms in total. The van der Waals surface area contributed by atoms with E-state index in [4.69, 9.17) is 44.1 Å². The van der Waals surface area contributed by atoms with Crippen LogP contribution < -0.4 is 26.3 Å². The van der Waals surface area contributed by atoms with E-state index in [0.717, 1.165) is 16.7 Å². The minimum absolute atomic E-state index is 0.0500. The largest absolute Gasteiger partial charge is 0.493 e. The summed E-state index contributed by atoms with van der Waals surface area (Å²) in [6, 6.07) is 18.0. The molecule has 250 valence electrons. The Hall–Kier alpha value is -3.24. The van der Waals surface area contributed by atoms with Crippen LogP contribution in [-0.2, 0) is 28.9 Å². The van der Waals surface area contributed by atoms with Gasteiger partial charge in [0.25, 0.3) is 5.91 Å². The molecule has 3 rings (SSSR count). The Labute approximate surface area is 279 Å². The summed E-state index contributed by atoms with van der Waals surface area (Å²) in [7, 11) is 3.03. The molecule has 0 aliphatic carbocycles. The molecule has 4 atom stereocenters. The van der Waals surface area contributed by atoms with Crippen LogP contribution in [0, 0.1) is 17.8 Å². The molecule has 0 saturated heterocycles. The lowest BCUT2D eigenvalue weighted by Crippen LogP contribution is -2.57. The molecule has 0 fully saturated rings. The molecule has 0 radical (unpaired) electrons. The zero-order valence-electron chi connectivity index (χ0n) is 26.6. The Kier molecular flexibility index (Phi) is 13.8. The summed E-state index contributed by atoms with van der Waals surface area (Å²) in [6.45, 7) is 3.23. The van der Waals surface area contributed by atoms with E-state index in [1.807, 2.05) is 42.5 Å². The number of nitrogens with two attached hydrogens (primary N) is 2. The van der Waals surface area contributed by atoms with Gasteiger partial charge in [-0.3, -0.25) is 9.59 Å². The lowest BCUT2D eigenvalue weighted by atomic mass is 9.72. The number of Topliss-reactive ketones (excluding diaryl/α,β-unsaturated/α-hetero) is 1. The van der Waals surface area contributed by atoms with Gasteiger partial charge in [0.2, 0.25) is 5.78 Å². The number of alkyl halides is 2. The molecule has 0 bridgehead atoms. The number of aryl methyl sites for hydroxylation is 1. The summed E-state index contributed by atoms with van der Waals surface area (Å²) in [6.07, 6.45) is 1.52. The molecular formula is C35H43Cl2F2N3O4. The number of amides is 1. The molecule has 2 unspecified atom stereocenters. The number of hydrogen-bond donors (Lipinski definition) is 3. The monoisotopic (exact) mass is 677 g/mol. The summed E-state index contributed by atoms with van der Waals surface area (Å²) in [4.78, 5) is 26.2. The van der Waals surface area contributed by atoms with Crippen molar-refractivity contribution in [3.05, 3.63) is 93.5 Å². The van der Waals surface area contributed by atoms with Gasteiger partial charge in [0.1, 0.15) is 0 Å². The maximum absolute atomic E-state index is 15.5. The van der Waals surface area contributed by atoms with E-state index in [-0.39, 0.29) is 13.0 Å². The number of halogens is 4. The van der Waals surface area contributed by atoms with Gasteiger partial charge >= 0.3 is 5.92 Å². The molecule has 46 heavy (non-hydrogen) atoms. The van der Waals surface area contributed by atoms with Crippen molar-refractivity contribution in [2.75, 3.05) is 20.8 Å². The lowest BCUT2D eigenvalue weighted by molar-refractivity contribution is -0.162. The fourth-order valence-corrected chi connectivity index (χ4v) is 6.00. The van der Waals surface area contributed by atoms with Gasteiger partial charge in [-0.05, 0) is 78.5 Å². The first kappa shape index (κ1) is 37.2. The third kappa shape index (κ3) is 9.64. The average molecular weight is 679 g/mol. The van der Waals surface area contributed by atoms with Gasteiger partial charge in [-0.1, -0.05) is 79.5 Å². The third-order valence-electron chi connectivity index (χ3n) is 8.29. The molecule has 3 aromatic carbocycles. The van der Waals surface area contributed by atoms with Crippen LogP contribution >= 0.6 is 23.2 Å². The molecule has 1 amide bonds.